The fourth-order valence-corrected chi connectivity index (χ4v) is 4.35. The summed E-state index contributed by atoms with van der Waals surface area (Å²) in [6, 6.07) is 20.4. The van der Waals surface area contributed by atoms with Crippen LogP contribution in [0.2, 0.25) is 0 Å². The second-order valence-electron chi connectivity index (χ2n) is 8.18. The maximum absolute atomic E-state index is 12.3. The van der Waals surface area contributed by atoms with Gasteiger partial charge in [-0.3, -0.25) is 24.2 Å². The summed E-state index contributed by atoms with van der Waals surface area (Å²) in [6.07, 6.45) is 0.461. The Bertz CT molecular complexity index is 1130. The third kappa shape index (κ3) is 4.35. The Morgan fingerprint density at radius 2 is 1.64 bits per heavy atom. The number of rotatable bonds is 6. The zero-order valence-corrected chi connectivity index (χ0v) is 18.6. The summed E-state index contributed by atoms with van der Waals surface area (Å²) in [5.74, 6) is -0.670. The van der Waals surface area contributed by atoms with Gasteiger partial charge in [-0.15, -0.1) is 0 Å². The fourth-order valence-electron chi connectivity index (χ4n) is 4.35. The number of hydrogen-bond acceptors (Lipinski definition) is 6. The van der Waals surface area contributed by atoms with Gasteiger partial charge in [0.25, 0.3) is 0 Å². The molecule has 8 heteroatoms. The molecule has 4 rings (SSSR count). The van der Waals surface area contributed by atoms with E-state index < -0.39 is 17.4 Å². The summed E-state index contributed by atoms with van der Waals surface area (Å²) in [4.78, 5) is 26.0. The predicted molar refractivity (Wildman–Crippen MR) is 125 cm³/mol. The lowest BCUT2D eigenvalue weighted by atomic mass is 9.98. The van der Waals surface area contributed by atoms with E-state index in [2.05, 4.69) is 5.32 Å². The highest BCUT2D eigenvalue weighted by atomic mass is 16.3. The molecule has 33 heavy (non-hydrogen) atoms. The molecule has 0 saturated carbocycles. The molecule has 0 radical (unpaired) electrons. The predicted octanol–water partition coefficient (Wildman–Crippen LogP) is 2.07. The molecule has 1 amide bonds. The molecule has 3 N–H and O–H groups in total. The number of benzene rings is 2. The van der Waals surface area contributed by atoms with Gasteiger partial charge in [-0.05, 0) is 18.1 Å². The first-order chi connectivity index (χ1) is 15.9. The van der Waals surface area contributed by atoms with E-state index in [1.807, 2.05) is 72.6 Å². The number of fused-ring (bicyclic) bond motifs is 1. The minimum atomic E-state index is -1.26. The first-order valence-corrected chi connectivity index (χ1v) is 10.9. The second kappa shape index (κ2) is 9.48. The highest BCUT2D eigenvalue weighted by molar-refractivity contribution is 5.76. The Morgan fingerprint density at radius 1 is 1.06 bits per heavy atom. The summed E-state index contributed by atoms with van der Waals surface area (Å²) >= 11 is 0. The van der Waals surface area contributed by atoms with Gasteiger partial charge in [-0.2, -0.15) is 0 Å². The van der Waals surface area contributed by atoms with Gasteiger partial charge in [0, 0.05) is 31.8 Å². The Labute approximate surface area is 192 Å². The number of carbonyl (C=O) groups excluding carboxylic acids is 1. The molecule has 2 atom stereocenters. The third-order valence-electron chi connectivity index (χ3n) is 6.09. The molecule has 3 aromatic rings. The topological polar surface area (TPSA) is 98.0 Å². The van der Waals surface area contributed by atoms with Gasteiger partial charge in [-0.1, -0.05) is 60.7 Å². The highest BCUT2D eigenvalue weighted by Gasteiger charge is 2.39. The lowest BCUT2D eigenvalue weighted by Crippen LogP contribution is -2.56. The molecule has 2 aromatic carbocycles. The molecule has 2 heterocycles. The van der Waals surface area contributed by atoms with Crippen LogP contribution in [-0.2, 0) is 4.79 Å². The van der Waals surface area contributed by atoms with Gasteiger partial charge < -0.3 is 15.5 Å². The molecule has 0 spiro atoms. The molecule has 2 unspecified atom stereocenters. The van der Waals surface area contributed by atoms with Gasteiger partial charge in [0.15, 0.2) is 12.0 Å². The van der Waals surface area contributed by atoms with Crippen molar-refractivity contribution >= 4 is 5.91 Å². The zero-order chi connectivity index (χ0) is 23.5. The number of aromatic nitrogens is 1. The van der Waals surface area contributed by atoms with Crippen LogP contribution in [-0.4, -0.2) is 45.5 Å². The Kier molecular flexibility index (Phi) is 6.48. The minimum Gasteiger partial charge on any atom is -0.503 e. The Hall–Kier alpha value is -3.62. The van der Waals surface area contributed by atoms with E-state index >= 15 is 0 Å². The van der Waals surface area contributed by atoms with Crippen LogP contribution in [0.3, 0.4) is 0 Å². The van der Waals surface area contributed by atoms with Crippen LogP contribution in [0.5, 0.6) is 5.75 Å². The lowest BCUT2D eigenvalue weighted by molar-refractivity contribution is -0.123. The number of pyridine rings is 1. The quantitative estimate of drug-likeness (QED) is 0.534. The Morgan fingerprint density at radius 3 is 2.18 bits per heavy atom. The summed E-state index contributed by atoms with van der Waals surface area (Å²) in [6.45, 7) is 2.09. The largest absolute Gasteiger partial charge is 0.503 e. The van der Waals surface area contributed by atoms with E-state index in [1.165, 1.54) is 6.07 Å². The van der Waals surface area contributed by atoms with Gasteiger partial charge in [0.05, 0.1) is 12.7 Å². The number of aromatic hydroxyl groups is 1. The number of nitrogens with zero attached hydrogens (tertiary/aromatic N) is 3. The van der Waals surface area contributed by atoms with E-state index in [-0.39, 0.29) is 36.8 Å². The summed E-state index contributed by atoms with van der Waals surface area (Å²) in [5.41, 5.74) is 1.51. The SMILES string of the molecule is CNC(=O)CC(C)N1CN(C(c2ccccc2)c2ccccc2)n2ccc(=O)c(O)c2C1O. The summed E-state index contributed by atoms with van der Waals surface area (Å²) in [7, 11) is 1.56. The van der Waals surface area contributed by atoms with Gasteiger partial charge in [0.2, 0.25) is 11.3 Å². The molecular formula is C25H28N4O4. The first kappa shape index (κ1) is 22.6. The van der Waals surface area contributed by atoms with Crippen molar-refractivity contribution in [1.29, 1.82) is 0 Å². The van der Waals surface area contributed by atoms with E-state index in [0.29, 0.717) is 0 Å². The standard InChI is InChI=1S/C25H28N4O4/c1-17(15-21(31)26-2)27-16-29(28-14-13-20(30)24(32)23(28)25(27)33)22(18-9-5-3-6-10-18)19-11-7-4-8-12-19/h3-14,17,22,25,32-33H,15-16H2,1-2H3,(H,26,31). The second-order valence-corrected chi connectivity index (χ2v) is 8.18. The van der Waals surface area contributed by atoms with Crippen LogP contribution >= 0.6 is 0 Å². The number of carbonyl (C=O) groups is 1. The number of aliphatic hydroxyl groups is 1. The normalized spacial score (nSPS) is 17.0. The maximum atomic E-state index is 12.3. The van der Waals surface area contributed by atoms with Crippen LogP contribution in [0.25, 0.3) is 0 Å². The van der Waals surface area contributed by atoms with Crippen LogP contribution in [0.15, 0.2) is 77.7 Å². The molecule has 1 aliphatic rings. The lowest BCUT2D eigenvalue weighted by Gasteiger charge is -2.48. The molecule has 172 valence electrons. The van der Waals surface area contributed by atoms with E-state index in [1.54, 1.807) is 22.8 Å². The third-order valence-corrected chi connectivity index (χ3v) is 6.09. The molecule has 0 bridgehead atoms. The van der Waals surface area contributed by atoms with Crippen molar-refractivity contribution in [3.63, 3.8) is 0 Å². The fraction of sp³-hybridized carbons (Fsp3) is 0.280. The van der Waals surface area contributed by atoms with Gasteiger partial charge in [0.1, 0.15) is 5.69 Å². The van der Waals surface area contributed by atoms with Crippen molar-refractivity contribution in [2.24, 2.45) is 0 Å². The van der Waals surface area contributed by atoms with Crippen molar-refractivity contribution < 1.29 is 15.0 Å². The molecule has 8 nitrogen and oxygen atoms in total. The molecular weight excluding hydrogens is 420 g/mol. The van der Waals surface area contributed by atoms with Crippen molar-refractivity contribution in [2.45, 2.75) is 31.7 Å². The Balaban J connectivity index is 1.88. The molecule has 0 aliphatic carbocycles. The highest BCUT2D eigenvalue weighted by Crippen LogP contribution is 2.36. The van der Waals surface area contributed by atoms with E-state index in [9.17, 15) is 19.8 Å². The first-order valence-electron chi connectivity index (χ1n) is 10.9. The molecule has 0 saturated heterocycles. The van der Waals surface area contributed by atoms with Gasteiger partial charge >= 0.3 is 0 Å². The van der Waals surface area contributed by atoms with Gasteiger partial charge in [-0.25, -0.2) is 0 Å². The number of nitrogens with one attached hydrogen (secondary N) is 1. The zero-order valence-electron chi connectivity index (χ0n) is 18.6. The smallest absolute Gasteiger partial charge is 0.223 e. The van der Waals surface area contributed by atoms with E-state index in [0.717, 1.165) is 11.1 Å². The monoisotopic (exact) mass is 448 g/mol. The number of amides is 1. The van der Waals surface area contributed by atoms with Crippen molar-refractivity contribution in [2.75, 3.05) is 18.7 Å². The minimum absolute atomic E-state index is 0.0781. The molecule has 1 aliphatic heterocycles. The van der Waals surface area contributed by atoms with Crippen molar-refractivity contribution in [1.82, 2.24) is 14.9 Å². The average Bonchev–Trinajstić information content (AvgIpc) is 2.83. The van der Waals surface area contributed by atoms with E-state index in [4.69, 9.17) is 0 Å². The van der Waals surface area contributed by atoms with Crippen LogP contribution < -0.4 is 15.8 Å². The molecule has 1 aromatic heterocycles. The summed E-state index contributed by atoms with van der Waals surface area (Å²) in [5, 5.41) is 26.4. The number of hydrogen-bond donors (Lipinski definition) is 3. The van der Waals surface area contributed by atoms with Crippen LogP contribution in [0.1, 0.15) is 42.4 Å². The van der Waals surface area contributed by atoms with Crippen LogP contribution in [0.4, 0.5) is 0 Å². The van der Waals surface area contributed by atoms with Crippen molar-refractivity contribution in [3.8, 4) is 5.75 Å². The number of aliphatic hydroxyl groups excluding tert-OH is 1. The van der Waals surface area contributed by atoms with Crippen molar-refractivity contribution in [3.05, 3.63) is 100.0 Å². The average molecular weight is 449 g/mol. The molecule has 0 fully saturated rings. The van der Waals surface area contributed by atoms with Crippen LogP contribution in [0, 0.1) is 0 Å². The maximum Gasteiger partial charge on any atom is 0.223 e. The summed E-state index contributed by atoms with van der Waals surface area (Å²) < 4.78 is 1.65.